The number of piperidine rings is 1. The zero-order chi connectivity index (χ0) is 11.4. The Morgan fingerprint density at radius 3 is 2.81 bits per heavy atom. The van der Waals surface area contributed by atoms with Crippen LogP contribution >= 0.6 is 0 Å². The monoisotopic (exact) mass is 222 g/mol. The molecule has 0 saturated carbocycles. The minimum atomic E-state index is 0.362. The minimum Gasteiger partial charge on any atom is -0.491 e. The summed E-state index contributed by atoms with van der Waals surface area (Å²) < 4.78 is 10.6. The van der Waals surface area contributed by atoms with Crippen LogP contribution in [-0.2, 0) is 0 Å². The Morgan fingerprint density at radius 1 is 1.31 bits per heavy atom. The molecule has 0 spiro atoms. The number of hydrogen-bond donors (Lipinski definition) is 1. The molecule has 1 N–H and O–H groups in total. The molecule has 0 aromatic carbocycles. The Morgan fingerprint density at radius 2 is 2.19 bits per heavy atom. The third-order valence-electron chi connectivity index (χ3n) is 2.99. The van der Waals surface area contributed by atoms with E-state index in [1.54, 1.807) is 20.4 Å². The summed E-state index contributed by atoms with van der Waals surface area (Å²) in [5.74, 6) is 1.32. The smallest absolute Gasteiger partial charge is 0.257 e. The Hall–Kier alpha value is -1.29. The van der Waals surface area contributed by atoms with Gasteiger partial charge in [-0.1, -0.05) is 6.42 Å². The first-order valence-electron chi connectivity index (χ1n) is 5.67. The van der Waals surface area contributed by atoms with Gasteiger partial charge in [-0.25, -0.2) is 4.98 Å². The van der Waals surface area contributed by atoms with E-state index in [-0.39, 0.29) is 0 Å². The molecule has 1 aliphatic heterocycles. The van der Waals surface area contributed by atoms with Gasteiger partial charge in [-0.2, -0.15) is 0 Å². The summed E-state index contributed by atoms with van der Waals surface area (Å²) in [4.78, 5) is 4.15. The van der Waals surface area contributed by atoms with Crippen LogP contribution in [0.25, 0.3) is 0 Å². The van der Waals surface area contributed by atoms with E-state index in [1.165, 1.54) is 12.8 Å². The van der Waals surface area contributed by atoms with Crippen molar-refractivity contribution in [1.82, 2.24) is 10.3 Å². The number of nitrogens with zero attached hydrogens (tertiary/aromatic N) is 1. The van der Waals surface area contributed by atoms with Crippen molar-refractivity contribution in [3.63, 3.8) is 0 Å². The lowest BCUT2D eigenvalue weighted by atomic mass is 9.97. The molecule has 0 bridgehead atoms. The zero-order valence-electron chi connectivity index (χ0n) is 9.82. The second-order valence-corrected chi connectivity index (χ2v) is 3.95. The third-order valence-corrected chi connectivity index (χ3v) is 2.99. The van der Waals surface area contributed by atoms with Crippen molar-refractivity contribution in [2.24, 2.45) is 0 Å². The van der Waals surface area contributed by atoms with Crippen molar-refractivity contribution >= 4 is 0 Å². The fourth-order valence-corrected chi connectivity index (χ4v) is 2.19. The van der Waals surface area contributed by atoms with Gasteiger partial charge >= 0.3 is 0 Å². The quantitative estimate of drug-likeness (QED) is 0.848. The van der Waals surface area contributed by atoms with Crippen molar-refractivity contribution in [3.05, 3.63) is 17.8 Å². The van der Waals surface area contributed by atoms with Gasteiger partial charge in [0.1, 0.15) is 0 Å². The van der Waals surface area contributed by atoms with Gasteiger partial charge in [-0.15, -0.1) is 0 Å². The van der Waals surface area contributed by atoms with Gasteiger partial charge in [0, 0.05) is 17.8 Å². The van der Waals surface area contributed by atoms with Crippen LogP contribution in [0.4, 0.5) is 0 Å². The second kappa shape index (κ2) is 5.16. The molecule has 1 aromatic rings. The summed E-state index contributed by atoms with van der Waals surface area (Å²) >= 11 is 0. The van der Waals surface area contributed by atoms with E-state index in [0.29, 0.717) is 11.9 Å². The first-order chi connectivity index (χ1) is 7.86. The van der Waals surface area contributed by atoms with Gasteiger partial charge in [0.15, 0.2) is 5.75 Å². The molecule has 1 aliphatic rings. The third kappa shape index (κ3) is 2.11. The molecule has 0 radical (unpaired) electrons. The number of methoxy groups -OCH3 is 2. The van der Waals surface area contributed by atoms with Crippen LogP contribution in [0, 0.1) is 0 Å². The van der Waals surface area contributed by atoms with E-state index in [9.17, 15) is 0 Å². The Balaban J connectivity index is 2.30. The highest BCUT2D eigenvalue weighted by atomic mass is 16.5. The first kappa shape index (κ1) is 11.2. The van der Waals surface area contributed by atoms with Crippen LogP contribution in [0.15, 0.2) is 12.3 Å². The summed E-state index contributed by atoms with van der Waals surface area (Å²) in [6.45, 7) is 1.07. The molecule has 2 rings (SSSR count). The molecular weight excluding hydrogens is 204 g/mol. The van der Waals surface area contributed by atoms with E-state index in [0.717, 1.165) is 24.3 Å². The molecule has 1 unspecified atom stereocenters. The molecule has 1 saturated heterocycles. The molecule has 4 heteroatoms. The average Bonchev–Trinajstić information content (AvgIpc) is 2.38. The van der Waals surface area contributed by atoms with E-state index in [2.05, 4.69) is 10.3 Å². The molecule has 1 aromatic heterocycles. The van der Waals surface area contributed by atoms with Crippen molar-refractivity contribution < 1.29 is 9.47 Å². The van der Waals surface area contributed by atoms with Crippen molar-refractivity contribution in [1.29, 1.82) is 0 Å². The number of hydrogen-bond acceptors (Lipinski definition) is 4. The lowest BCUT2D eigenvalue weighted by Crippen LogP contribution is -2.27. The van der Waals surface area contributed by atoms with Crippen LogP contribution in [0.3, 0.4) is 0 Å². The van der Waals surface area contributed by atoms with Crippen LogP contribution in [0.1, 0.15) is 30.9 Å². The van der Waals surface area contributed by atoms with Crippen LogP contribution < -0.4 is 14.8 Å². The lowest BCUT2D eigenvalue weighted by Gasteiger charge is -2.25. The Labute approximate surface area is 96.0 Å². The van der Waals surface area contributed by atoms with Crippen molar-refractivity contribution in [3.8, 4) is 11.6 Å². The SMILES string of the molecule is COc1nccc(C2CCCCN2)c1OC. The van der Waals surface area contributed by atoms with Gasteiger partial charge < -0.3 is 14.8 Å². The summed E-state index contributed by atoms with van der Waals surface area (Å²) in [5, 5.41) is 3.50. The van der Waals surface area contributed by atoms with Gasteiger partial charge in [0.05, 0.1) is 14.2 Å². The normalized spacial score (nSPS) is 20.5. The van der Waals surface area contributed by atoms with E-state index < -0.39 is 0 Å². The fraction of sp³-hybridized carbons (Fsp3) is 0.583. The predicted octanol–water partition coefficient (Wildman–Crippen LogP) is 1.91. The molecule has 4 nitrogen and oxygen atoms in total. The van der Waals surface area contributed by atoms with E-state index in [1.807, 2.05) is 6.07 Å². The number of nitrogens with one attached hydrogen (secondary N) is 1. The second-order valence-electron chi connectivity index (χ2n) is 3.95. The first-order valence-corrected chi connectivity index (χ1v) is 5.67. The maximum absolute atomic E-state index is 5.39. The molecule has 16 heavy (non-hydrogen) atoms. The zero-order valence-corrected chi connectivity index (χ0v) is 9.82. The molecule has 0 amide bonds. The highest BCUT2D eigenvalue weighted by Gasteiger charge is 2.21. The minimum absolute atomic E-state index is 0.362. The van der Waals surface area contributed by atoms with E-state index in [4.69, 9.17) is 9.47 Å². The molecule has 2 heterocycles. The highest BCUT2D eigenvalue weighted by molar-refractivity contribution is 5.43. The van der Waals surface area contributed by atoms with Crippen molar-refractivity contribution in [2.45, 2.75) is 25.3 Å². The number of rotatable bonds is 3. The van der Waals surface area contributed by atoms with Crippen LogP contribution in [0.2, 0.25) is 0 Å². The molecule has 1 atom stereocenters. The summed E-state index contributed by atoms with van der Waals surface area (Å²) in [6.07, 6.45) is 5.42. The molecular formula is C12H18N2O2. The Kier molecular flexibility index (Phi) is 3.62. The topological polar surface area (TPSA) is 43.4 Å². The predicted molar refractivity (Wildman–Crippen MR) is 61.9 cm³/mol. The molecule has 88 valence electrons. The van der Waals surface area contributed by atoms with Gasteiger partial charge in [0.25, 0.3) is 5.88 Å². The number of ether oxygens (including phenoxy) is 2. The van der Waals surface area contributed by atoms with Gasteiger partial charge in [-0.3, -0.25) is 0 Å². The largest absolute Gasteiger partial charge is 0.491 e. The maximum Gasteiger partial charge on any atom is 0.257 e. The van der Waals surface area contributed by atoms with Crippen molar-refractivity contribution in [2.75, 3.05) is 20.8 Å². The van der Waals surface area contributed by atoms with Gasteiger partial charge in [-0.05, 0) is 25.5 Å². The summed E-state index contributed by atoms with van der Waals surface area (Å²) in [5.41, 5.74) is 1.15. The van der Waals surface area contributed by atoms with Crippen LogP contribution in [0.5, 0.6) is 11.6 Å². The fourth-order valence-electron chi connectivity index (χ4n) is 2.19. The molecule has 1 fully saturated rings. The summed E-state index contributed by atoms with van der Waals surface area (Å²) in [6, 6.07) is 2.37. The van der Waals surface area contributed by atoms with Crippen LogP contribution in [-0.4, -0.2) is 25.7 Å². The maximum atomic E-state index is 5.39. The molecule has 0 aliphatic carbocycles. The van der Waals surface area contributed by atoms with E-state index >= 15 is 0 Å². The lowest BCUT2D eigenvalue weighted by molar-refractivity contribution is 0.328. The summed E-state index contributed by atoms with van der Waals surface area (Å²) in [7, 11) is 3.27. The van der Waals surface area contributed by atoms with Gasteiger partial charge in [0.2, 0.25) is 0 Å². The highest BCUT2D eigenvalue weighted by Crippen LogP contribution is 2.35. The number of pyridine rings is 1. The standard InChI is InChI=1S/C12H18N2O2/c1-15-11-9(6-8-14-12(11)16-2)10-5-3-4-7-13-10/h6,8,10,13H,3-5,7H2,1-2H3. The Bertz CT molecular complexity index is 349. The average molecular weight is 222 g/mol. The number of aromatic nitrogens is 1.